The van der Waals surface area contributed by atoms with E-state index in [1.807, 2.05) is 20.8 Å². The van der Waals surface area contributed by atoms with Gasteiger partial charge in [-0.15, -0.1) is 0 Å². The Morgan fingerprint density at radius 1 is 1.16 bits per heavy atom. The Hall–Kier alpha value is -3.47. The summed E-state index contributed by atoms with van der Waals surface area (Å²) in [5.74, 6) is -4.86. The highest BCUT2D eigenvalue weighted by Crippen LogP contribution is 2.77. The molecule has 1 aromatic rings. The van der Waals surface area contributed by atoms with Gasteiger partial charge in [0.05, 0.1) is 19.3 Å². The molecule has 0 radical (unpaired) electrons. The van der Waals surface area contributed by atoms with Crippen LogP contribution in [0, 0.1) is 29.1 Å². The lowest BCUT2D eigenvalue weighted by Gasteiger charge is -2.53. The van der Waals surface area contributed by atoms with Crippen molar-refractivity contribution in [3.05, 3.63) is 53.1 Å². The van der Waals surface area contributed by atoms with Crippen LogP contribution in [0.15, 0.2) is 47.6 Å². The molecule has 10 nitrogen and oxygen atoms in total. The Kier molecular flexibility index (Phi) is 7.88. The topological polar surface area (TPSA) is 160 Å². The zero-order valence-corrected chi connectivity index (χ0v) is 26.0. The van der Waals surface area contributed by atoms with E-state index >= 15 is 0 Å². The van der Waals surface area contributed by atoms with Gasteiger partial charge in [-0.2, -0.15) is 0 Å². The van der Waals surface area contributed by atoms with E-state index in [1.54, 1.807) is 38.1 Å². The van der Waals surface area contributed by atoms with Crippen LogP contribution in [0.3, 0.4) is 0 Å². The molecule has 4 aliphatic rings. The molecule has 1 aromatic carbocycles. The molecule has 0 heterocycles. The number of ketones is 1. The second kappa shape index (κ2) is 10.9. The van der Waals surface area contributed by atoms with Crippen LogP contribution in [0.2, 0.25) is 0 Å². The van der Waals surface area contributed by atoms with E-state index in [2.05, 4.69) is 0 Å². The van der Waals surface area contributed by atoms with Crippen molar-refractivity contribution < 1.29 is 49.0 Å². The first-order valence-corrected chi connectivity index (χ1v) is 15.1. The maximum Gasteiger partial charge on any atom is 0.331 e. The standard InChI is InChI=1S/C34H42O10/c1-7-8-27(38)44-34-28(31(34,4)5)22-14-21(17-35)16-32(40)25(13-18(2)29(32)39)33(22,41)19(3)30(34)43-26(37)12-10-20-9-11-23(36)24(15-20)42-6/h9-15,19,22,25,28,30,35-36,40-41H,7-8,16-17H2,1-6H3/b12-10+/t19-,22+,25-,28-,30-,32-,33-,34-/m1/s1. The number of carbonyl (C=O) groups is 3. The van der Waals surface area contributed by atoms with Gasteiger partial charge in [0.2, 0.25) is 0 Å². The number of aliphatic hydroxyl groups excluding tert-OH is 1. The summed E-state index contributed by atoms with van der Waals surface area (Å²) in [6.45, 7) is 8.47. The number of aromatic hydroxyl groups is 1. The number of phenolic OH excluding ortho intramolecular Hbond substituents is 1. The van der Waals surface area contributed by atoms with Gasteiger partial charge in [0.25, 0.3) is 0 Å². The summed E-state index contributed by atoms with van der Waals surface area (Å²) in [5, 5.41) is 44.8. The summed E-state index contributed by atoms with van der Waals surface area (Å²) in [5.41, 5.74) is -4.65. The summed E-state index contributed by atoms with van der Waals surface area (Å²) in [6.07, 6.45) is 5.39. The van der Waals surface area contributed by atoms with Crippen LogP contribution < -0.4 is 4.74 Å². The van der Waals surface area contributed by atoms with Crippen molar-refractivity contribution in [2.75, 3.05) is 13.7 Å². The van der Waals surface area contributed by atoms with Crippen molar-refractivity contribution >= 4 is 23.8 Å². The second-order valence-corrected chi connectivity index (χ2v) is 13.3. The van der Waals surface area contributed by atoms with Crippen LogP contribution in [-0.4, -0.2) is 74.8 Å². The van der Waals surface area contributed by atoms with Crippen molar-refractivity contribution in [1.82, 2.24) is 0 Å². The third-order valence-corrected chi connectivity index (χ3v) is 10.6. The minimum Gasteiger partial charge on any atom is -0.504 e. The quantitative estimate of drug-likeness (QED) is 0.195. The molecule has 0 saturated heterocycles. The molecule has 0 amide bonds. The fourth-order valence-electron chi connectivity index (χ4n) is 8.39. The van der Waals surface area contributed by atoms with Crippen LogP contribution in [0.5, 0.6) is 11.5 Å². The Bertz CT molecular complexity index is 1470. The molecule has 44 heavy (non-hydrogen) atoms. The average molecular weight is 611 g/mol. The smallest absolute Gasteiger partial charge is 0.331 e. The highest BCUT2D eigenvalue weighted by Gasteiger charge is 2.87. The summed E-state index contributed by atoms with van der Waals surface area (Å²) in [4.78, 5) is 39.8. The van der Waals surface area contributed by atoms with Crippen molar-refractivity contribution in [3.8, 4) is 11.5 Å². The molecule has 0 aliphatic heterocycles. The molecule has 4 N–H and O–H groups in total. The molecular weight excluding hydrogens is 568 g/mol. The number of fused-ring (bicyclic) bond motifs is 5. The van der Waals surface area contributed by atoms with Crippen molar-refractivity contribution in [3.63, 3.8) is 0 Å². The van der Waals surface area contributed by atoms with Gasteiger partial charge < -0.3 is 34.6 Å². The van der Waals surface area contributed by atoms with Crippen molar-refractivity contribution in [2.24, 2.45) is 29.1 Å². The lowest BCUT2D eigenvalue weighted by Crippen LogP contribution is -2.66. The first-order valence-electron chi connectivity index (χ1n) is 15.1. The van der Waals surface area contributed by atoms with E-state index < -0.39 is 76.3 Å². The number of aliphatic hydroxyl groups is 3. The normalized spacial score (nSPS) is 36.8. The number of methoxy groups -OCH3 is 1. The molecule has 2 saturated carbocycles. The zero-order valence-electron chi connectivity index (χ0n) is 26.0. The van der Waals surface area contributed by atoms with E-state index in [1.165, 1.54) is 25.3 Å². The molecule has 5 rings (SSSR count). The number of esters is 2. The fraction of sp³-hybridized carbons (Fsp3) is 0.559. The molecule has 4 aliphatic carbocycles. The number of phenols is 1. The van der Waals surface area contributed by atoms with Gasteiger partial charge in [-0.3, -0.25) is 9.59 Å². The van der Waals surface area contributed by atoms with Gasteiger partial charge in [0.1, 0.15) is 11.7 Å². The molecule has 0 aromatic heterocycles. The number of carbonyl (C=O) groups excluding carboxylic acids is 3. The summed E-state index contributed by atoms with van der Waals surface area (Å²) < 4.78 is 17.5. The lowest BCUT2D eigenvalue weighted by atomic mass is 9.59. The Balaban J connectivity index is 1.60. The minimum atomic E-state index is -2.00. The first-order chi connectivity index (χ1) is 20.6. The third-order valence-electron chi connectivity index (χ3n) is 10.6. The molecule has 0 unspecified atom stereocenters. The first kappa shape index (κ1) is 31.9. The van der Waals surface area contributed by atoms with E-state index in [4.69, 9.17) is 14.2 Å². The van der Waals surface area contributed by atoms with Crippen LogP contribution in [0.4, 0.5) is 0 Å². The predicted octanol–water partition coefficient (Wildman–Crippen LogP) is 3.26. The summed E-state index contributed by atoms with van der Waals surface area (Å²) in [6, 6.07) is 4.57. The van der Waals surface area contributed by atoms with Crippen LogP contribution in [-0.2, 0) is 23.9 Å². The van der Waals surface area contributed by atoms with E-state index in [-0.39, 0.29) is 24.3 Å². The average Bonchev–Trinajstić information content (AvgIpc) is 3.40. The predicted molar refractivity (Wildman–Crippen MR) is 159 cm³/mol. The van der Waals surface area contributed by atoms with Crippen molar-refractivity contribution in [2.45, 2.75) is 76.8 Å². The number of hydrogen-bond acceptors (Lipinski definition) is 10. The summed E-state index contributed by atoms with van der Waals surface area (Å²) in [7, 11) is 1.41. The van der Waals surface area contributed by atoms with Crippen molar-refractivity contribution in [1.29, 1.82) is 0 Å². The molecule has 0 spiro atoms. The van der Waals surface area contributed by atoms with Crippen LogP contribution in [0.25, 0.3) is 6.08 Å². The van der Waals surface area contributed by atoms with Gasteiger partial charge in [0.15, 0.2) is 22.9 Å². The SMILES string of the molecule is CCCC(=O)O[C@@]12[C@H](OC(=O)/C=C/c3ccc(O)c(OC)c3)[C@@H](C)[C@@]3(O)[C@@H](C=C(CO)C[C@]4(O)C(=O)C(C)=C[C@@H]34)[C@@H]1C2(C)C. The van der Waals surface area contributed by atoms with Crippen LogP contribution >= 0.6 is 0 Å². The molecule has 10 heteroatoms. The van der Waals surface area contributed by atoms with Crippen LogP contribution in [0.1, 0.15) is 59.4 Å². The molecule has 238 valence electrons. The minimum absolute atomic E-state index is 0.0552. The second-order valence-electron chi connectivity index (χ2n) is 13.3. The van der Waals surface area contributed by atoms with Gasteiger partial charge >= 0.3 is 11.9 Å². The maximum atomic E-state index is 13.4. The molecule has 2 fully saturated rings. The zero-order chi connectivity index (χ0) is 32.4. The highest BCUT2D eigenvalue weighted by atomic mass is 16.6. The number of benzene rings is 1. The number of hydrogen-bond donors (Lipinski definition) is 4. The Morgan fingerprint density at radius 3 is 2.50 bits per heavy atom. The summed E-state index contributed by atoms with van der Waals surface area (Å²) >= 11 is 0. The molecule has 8 atom stereocenters. The number of rotatable bonds is 8. The lowest BCUT2D eigenvalue weighted by molar-refractivity contribution is -0.227. The maximum absolute atomic E-state index is 13.4. The largest absolute Gasteiger partial charge is 0.504 e. The van der Waals surface area contributed by atoms with Gasteiger partial charge in [-0.05, 0) is 48.3 Å². The fourth-order valence-corrected chi connectivity index (χ4v) is 8.39. The van der Waals surface area contributed by atoms with Gasteiger partial charge in [-0.25, -0.2) is 4.79 Å². The number of Topliss-reactive ketones (excluding diaryl/α,β-unsaturated/α-hetero) is 1. The molecular formula is C34H42O10. The third kappa shape index (κ3) is 4.44. The highest BCUT2D eigenvalue weighted by molar-refractivity contribution is 6.04. The number of ether oxygens (including phenoxy) is 3. The monoisotopic (exact) mass is 610 g/mol. The van der Waals surface area contributed by atoms with Gasteiger partial charge in [0, 0.05) is 48.0 Å². The van der Waals surface area contributed by atoms with E-state index in [0.29, 0.717) is 23.1 Å². The Morgan fingerprint density at radius 2 is 1.86 bits per heavy atom. The molecule has 0 bridgehead atoms. The Labute approximate surface area is 257 Å². The van der Waals surface area contributed by atoms with Gasteiger partial charge in [-0.1, -0.05) is 45.9 Å². The van der Waals surface area contributed by atoms with E-state index in [0.717, 1.165) is 0 Å². The van der Waals surface area contributed by atoms with E-state index in [9.17, 15) is 34.8 Å².